The van der Waals surface area contributed by atoms with Crippen LogP contribution in [0.4, 0.5) is 5.95 Å². The largest absolute Gasteiger partial charge is 0.295 e. The van der Waals surface area contributed by atoms with Crippen LogP contribution >= 0.6 is 0 Å². The number of anilines is 1. The number of aromatic amines is 1. The monoisotopic (exact) mass is 249 g/mol. The summed E-state index contributed by atoms with van der Waals surface area (Å²) in [5, 5.41) is 5.30. The molecule has 7 heteroatoms. The first kappa shape index (κ1) is 12.3. The van der Waals surface area contributed by atoms with Crippen molar-refractivity contribution in [1.82, 2.24) is 19.6 Å². The topological polar surface area (TPSA) is 92.2 Å². The number of rotatable bonds is 4. The Balaban J connectivity index is 2.23. The van der Waals surface area contributed by atoms with E-state index in [1.807, 2.05) is 6.92 Å². The molecule has 2 N–H and O–H groups in total. The van der Waals surface area contributed by atoms with Gasteiger partial charge in [0.2, 0.25) is 11.9 Å². The van der Waals surface area contributed by atoms with Crippen LogP contribution in [0.25, 0.3) is 5.78 Å². The molecule has 0 saturated carbocycles. The first-order valence-electron chi connectivity index (χ1n) is 5.86. The highest BCUT2D eigenvalue weighted by molar-refractivity contribution is 5.88. The highest BCUT2D eigenvalue weighted by atomic mass is 16.2. The van der Waals surface area contributed by atoms with Crippen molar-refractivity contribution in [3.8, 4) is 0 Å². The Morgan fingerprint density at radius 1 is 1.50 bits per heavy atom. The van der Waals surface area contributed by atoms with Gasteiger partial charge in [-0.25, -0.2) is 4.98 Å². The minimum absolute atomic E-state index is 0.124. The number of H-pyrrole nitrogens is 1. The average molecular weight is 249 g/mol. The second-order valence-corrected chi connectivity index (χ2v) is 4.10. The van der Waals surface area contributed by atoms with Crippen molar-refractivity contribution in [2.24, 2.45) is 0 Å². The third-order valence-electron chi connectivity index (χ3n) is 2.47. The number of unbranched alkanes of at least 4 members (excludes halogenated alkanes) is 1. The van der Waals surface area contributed by atoms with Crippen LogP contribution in [0.2, 0.25) is 0 Å². The predicted octanol–water partition coefficient (Wildman–Crippen LogP) is 0.855. The SMILES string of the molecule is CCCCC(=O)Nc1nc2nc(C)cc(=O)n2[nH]1. The Bertz CT molecular complexity index is 628. The summed E-state index contributed by atoms with van der Waals surface area (Å²) < 4.78 is 1.20. The van der Waals surface area contributed by atoms with E-state index in [0.717, 1.165) is 12.8 Å². The fraction of sp³-hybridized carbons (Fsp3) is 0.455. The minimum Gasteiger partial charge on any atom is -0.295 e. The van der Waals surface area contributed by atoms with Gasteiger partial charge in [-0.3, -0.25) is 20.0 Å². The summed E-state index contributed by atoms with van der Waals surface area (Å²) >= 11 is 0. The summed E-state index contributed by atoms with van der Waals surface area (Å²) in [5.41, 5.74) is 0.342. The number of hydrogen-bond acceptors (Lipinski definition) is 4. The number of aromatic nitrogens is 4. The average Bonchev–Trinajstić information content (AvgIpc) is 2.69. The van der Waals surface area contributed by atoms with Crippen molar-refractivity contribution in [2.45, 2.75) is 33.1 Å². The molecule has 2 rings (SSSR count). The molecule has 0 spiro atoms. The lowest BCUT2D eigenvalue weighted by Gasteiger charge is -1.98. The lowest BCUT2D eigenvalue weighted by Crippen LogP contribution is -2.15. The molecule has 0 aliphatic carbocycles. The zero-order valence-electron chi connectivity index (χ0n) is 10.4. The Morgan fingerprint density at radius 3 is 3.00 bits per heavy atom. The van der Waals surface area contributed by atoms with Crippen LogP contribution in [0.1, 0.15) is 31.9 Å². The first-order valence-corrected chi connectivity index (χ1v) is 5.86. The van der Waals surface area contributed by atoms with Crippen LogP contribution in [-0.2, 0) is 4.79 Å². The minimum atomic E-state index is -0.251. The first-order chi connectivity index (χ1) is 8.60. The molecular formula is C11H15N5O2. The molecule has 0 aromatic carbocycles. The maximum absolute atomic E-state index is 11.6. The Kier molecular flexibility index (Phi) is 3.40. The number of carbonyl (C=O) groups is 1. The molecule has 0 fully saturated rings. The molecule has 7 nitrogen and oxygen atoms in total. The van der Waals surface area contributed by atoms with Gasteiger partial charge in [-0.2, -0.15) is 9.50 Å². The second-order valence-electron chi connectivity index (χ2n) is 4.10. The number of aryl methyl sites for hydroxylation is 1. The lowest BCUT2D eigenvalue weighted by atomic mass is 10.2. The van der Waals surface area contributed by atoms with Gasteiger partial charge in [-0.05, 0) is 13.3 Å². The lowest BCUT2D eigenvalue weighted by molar-refractivity contribution is -0.116. The van der Waals surface area contributed by atoms with Crippen molar-refractivity contribution in [3.63, 3.8) is 0 Å². The fourth-order valence-electron chi connectivity index (χ4n) is 1.58. The van der Waals surface area contributed by atoms with E-state index in [-0.39, 0.29) is 23.2 Å². The van der Waals surface area contributed by atoms with Gasteiger partial charge in [0.05, 0.1) is 0 Å². The van der Waals surface area contributed by atoms with Gasteiger partial charge < -0.3 is 0 Å². The molecule has 0 bridgehead atoms. The Labute approximate surface area is 103 Å². The normalized spacial score (nSPS) is 10.8. The molecule has 0 atom stereocenters. The number of amides is 1. The van der Waals surface area contributed by atoms with E-state index in [0.29, 0.717) is 12.1 Å². The van der Waals surface area contributed by atoms with E-state index < -0.39 is 0 Å². The van der Waals surface area contributed by atoms with Gasteiger partial charge in [0, 0.05) is 18.2 Å². The highest BCUT2D eigenvalue weighted by Gasteiger charge is 2.08. The van der Waals surface area contributed by atoms with Crippen LogP contribution in [0.15, 0.2) is 10.9 Å². The summed E-state index contributed by atoms with van der Waals surface area (Å²) in [7, 11) is 0. The second kappa shape index (κ2) is 4.99. The van der Waals surface area contributed by atoms with Gasteiger partial charge in [0.25, 0.3) is 11.3 Å². The molecule has 2 aromatic rings. The maximum atomic E-state index is 11.6. The van der Waals surface area contributed by atoms with Gasteiger partial charge in [0.1, 0.15) is 0 Å². The van der Waals surface area contributed by atoms with Crippen molar-refractivity contribution in [1.29, 1.82) is 0 Å². The van der Waals surface area contributed by atoms with E-state index >= 15 is 0 Å². The van der Waals surface area contributed by atoms with Gasteiger partial charge in [0.15, 0.2) is 0 Å². The van der Waals surface area contributed by atoms with Crippen LogP contribution in [-0.4, -0.2) is 25.5 Å². The Hall–Kier alpha value is -2.18. The summed E-state index contributed by atoms with van der Waals surface area (Å²) in [6, 6.07) is 1.40. The smallest absolute Gasteiger partial charge is 0.274 e. The van der Waals surface area contributed by atoms with Crippen LogP contribution in [0, 0.1) is 6.92 Å². The standard InChI is InChI=1S/C11H15N5O2/c1-3-4-5-8(17)13-10-14-11-12-7(2)6-9(18)16(11)15-10/h6H,3-5H2,1-2H3,(H2,12,13,14,15,17). The fourth-order valence-corrected chi connectivity index (χ4v) is 1.58. The highest BCUT2D eigenvalue weighted by Crippen LogP contribution is 2.03. The third kappa shape index (κ3) is 2.55. The molecule has 0 unspecified atom stereocenters. The third-order valence-corrected chi connectivity index (χ3v) is 2.47. The van der Waals surface area contributed by atoms with E-state index in [1.54, 1.807) is 6.92 Å². The van der Waals surface area contributed by atoms with Gasteiger partial charge in [-0.15, -0.1) is 0 Å². The molecule has 1 amide bonds. The summed E-state index contributed by atoms with van der Waals surface area (Å²) in [6.07, 6.45) is 2.21. The number of nitrogens with zero attached hydrogens (tertiary/aromatic N) is 3. The molecule has 0 radical (unpaired) electrons. The van der Waals surface area contributed by atoms with E-state index in [9.17, 15) is 9.59 Å². The van der Waals surface area contributed by atoms with Crippen LogP contribution in [0.3, 0.4) is 0 Å². The van der Waals surface area contributed by atoms with Crippen LogP contribution in [0.5, 0.6) is 0 Å². The van der Waals surface area contributed by atoms with Crippen molar-refractivity contribution < 1.29 is 4.79 Å². The maximum Gasteiger partial charge on any atom is 0.274 e. The number of fused-ring (bicyclic) bond motifs is 1. The summed E-state index contributed by atoms with van der Waals surface area (Å²) in [6.45, 7) is 3.73. The van der Waals surface area contributed by atoms with Crippen molar-refractivity contribution in [3.05, 3.63) is 22.1 Å². The quantitative estimate of drug-likeness (QED) is 0.840. The molecule has 96 valence electrons. The summed E-state index contributed by atoms with van der Waals surface area (Å²) in [5.74, 6) is 0.373. The summed E-state index contributed by atoms with van der Waals surface area (Å²) in [4.78, 5) is 31.3. The van der Waals surface area contributed by atoms with Gasteiger partial charge in [-0.1, -0.05) is 13.3 Å². The molecule has 18 heavy (non-hydrogen) atoms. The van der Waals surface area contributed by atoms with Crippen molar-refractivity contribution in [2.75, 3.05) is 5.32 Å². The number of nitrogens with one attached hydrogen (secondary N) is 2. The molecule has 2 aromatic heterocycles. The molecular weight excluding hydrogens is 234 g/mol. The molecule has 0 aliphatic heterocycles. The zero-order valence-corrected chi connectivity index (χ0v) is 10.4. The van der Waals surface area contributed by atoms with Gasteiger partial charge >= 0.3 is 0 Å². The van der Waals surface area contributed by atoms with E-state index in [4.69, 9.17) is 0 Å². The Morgan fingerprint density at radius 2 is 2.28 bits per heavy atom. The van der Waals surface area contributed by atoms with E-state index in [2.05, 4.69) is 20.4 Å². The number of carbonyl (C=O) groups excluding carboxylic acids is 1. The van der Waals surface area contributed by atoms with Crippen LogP contribution < -0.4 is 10.9 Å². The molecule has 2 heterocycles. The molecule has 0 aliphatic rings. The zero-order chi connectivity index (χ0) is 13.1. The predicted molar refractivity (Wildman–Crippen MR) is 66.5 cm³/mol. The molecule has 0 saturated heterocycles. The van der Waals surface area contributed by atoms with Crippen molar-refractivity contribution >= 4 is 17.6 Å². The van der Waals surface area contributed by atoms with E-state index in [1.165, 1.54) is 10.6 Å². The number of hydrogen-bond donors (Lipinski definition) is 2.